The van der Waals surface area contributed by atoms with Crippen molar-refractivity contribution in [1.29, 1.82) is 0 Å². The van der Waals surface area contributed by atoms with E-state index in [1.807, 2.05) is 0 Å². The van der Waals surface area contributed by atoms with Crippen LogP contribution in [0.4, 0.5) is 0 Å². The number of carboxylic acids is 1. The summed E-state index contributed by atoms with van der Waals surface area (Å²) in [5.41, 5.74) is 0. The van der Waals surface area contributed by atoms with Crippen LogP contribution in [0.3, 0.4) is 0 Å². The van der Waals surface area contributed by atoms with Crippen molar-refractivity contribution in [3.8, 4) is 0 Å². The number of methoxy groups -OCH3 is 2. The second-order valence-corrected chi connectivity index (χ2v) is 2.61. The number of rotatable bonds is 7. The third-order valence-electron chi connectivity index (χ3n) is 1.76. The maximum absolute atomic E-state index is 10.6. The molecule has 0 bridgehead atoms. The summed E-state index contributed by atoms with van der Waals surface area (Å²) in [6.45, 7) is 2.18. The normalized spacial score (nSPS) is 13.2. The van der Waals surface area contributed by atoms with Crippen LogP contribution in [0.15, 0.2) is 0 Å². The first-order chi connectivity index (χ1) is 6.15. The predicted molar refractivity (Wildman–Crippen MR) is 47.5 cm³/mol. The van der Waals surface area contributed by atoms with E-state index in [-0.39, 0.29) is 0 Å². The first-order valence-electron chi connectivity index (χ1n) is 4.17. The zero-order chi connectivity index (χ0) is 10.3. The van der Waals surface area contributed by atoms with Crippen molar-refractivity contribution in [2.24, 2.45) is 0 Å². The van der Waals surface area contributed by atoms with Gasteiger partial charge in [-0.15, -0.1) is 0 Å². The molecule has 0 saturated carbocycles. The van der Waals surface area contributed by atoms with Crippen molar-refractivity contribution < 1.29 is 19.4 Å². The topological polar surface area (TPSA) is 67.8 Å². The first-order valence-corrected chi connectivity index (χ1v) is 4.17. The van der Waals surface area contributed by atoms with Gasteiger partial charge >= 0.3 is 5.97 Å². The molecule has 0 saturated heterocycles. The van der Waals surface area contributed by atoms with Crippen molar-refractivity contribution in [3.63, 3.8) is 0 Å². The van der Waals surface area contributed by atoms with E-state index in [0.29, 0.717) is 13.0 Å². The van der Waals surface area contributed by atoms with Gasteiger partial charge in [0, 0.05) is 20.8 Å². The smallest absolute Gasteiger partial charge is 0.320 e. The predicted octanol–water partition coefficient (Wildman–Crippen LogP) is 0.0581. The molecule has 0 rings (SSSR count). The Morgan fingerprint density at radius 3 is 2.31 bits per heavy atom. The van der Waals surface area contributed by atoms with E-state index >= 15 is 0 Å². The van der Waals surface area contributed by atoms with Gasteiger partial charge in [0.25, 0.3) is 0 Å². The minimum atomic E-state index is -0.853. The summed E-state index contributed by atoms with van der Waals surface area (Å²) in [4.78, 5) is 10.6. The van der Waals surface area contributed by atoms with Gasteiger partial charge in [0.1, 0.15) is 6.04 Å². The zero-order valence-corrected chi connectivity index (χ0v) is 8.24. The minimum absolute atomic E-state index is 0.373. The lowest BCUT2D eigenvalue weighted by Crippen LogP contribution is -2.41. The Bertz CT molecular complexity index is 147. The largest absolute Gasteiger partial charge is 0.480 e. The SMILES string of the molecule is CCC(NCC(OC)OC)C(=O)O. The van der Waals surface area contributed by atoms with Crippen LogP contribution in [0.25, 0.3) is 0 Å². The molecule has 0 spiro atoms. The average Bonchev–Trinajstić information content (AvgIpc) is 2.12. The number of aliphatic carboxylic acids is 1. The molecule has 0 radical (unpaired) electrons. The molecular weight excluding hydrogens is 174 g/mol. The maximum atomic E-state index is 10.6. The van der Waals surface area contributed by atoms with Crippen molar-refractivity contribution in [3.05, 3.63) is 0 Å². The number of carboxylic acid groups (broad SMARTS) is 1. The number of hydrogen-bond acceptors (Lipinski definition) is 4. The number of hydrogen-bond donors (Lipinski definition) is 2. The van der Waals surface area contributed by atoms with Gasteiger partial charge in [-0.2, -0.15) is 0 Å². The van der Waals surface area contributed by atoms with Gasteiger partial charge in [0.15, 0.2) is 6.29 Å². The fourth-order valence-corrected chi connectivity index (χ4v) is 0.908. The lowest BCUT2D eigenvalue weighted by molar-refractivity contribution is -0.140. The first kappa shape index (κ1) is 12.3. The fraction of sp³-hybridized carbons (Fsp3) is 0.875. The van der Waals surface area contributed by atoms with E-state index in [1.54, 1.807) is 6.92 Å². The molecular formula is C8H17NO4. The number of nitrogens with one attached hydrogen (secondary N) is 1. The Balaban J connectivity index is 3.76. The molecule has 1 atom stereocenters. The molecule has 5 nitrogen and oxygen atoms in total. The van der Waals surface area contributed by atoms with Crippen LogP contribution < -0.4 is 5.32 Å². The molecule has 0 amide bonds. The van der Waals surface area contributed by atoms with Crippen molar-refractivity contribution in [2.45, 2.75) is 25.7 Å². The summed E-state index contributed by atoms with van der Waals surface area (Å²) in [7, 11) is 3.02. The minimum Gasteiger partial charge on any atom is -0.480 e. The lowest BCUT2D eigenvalue weighted by atomic mass is 10.2. The van der Waals surface area contributed by atoms with Crippen LogP contribution in [-0.4, -0.2) is 44.2 Å². The quantitative estimate of drug-likeness (QED) is 0.557. The van der Waals surface area contributed by atoms with E-state index < -0.39 is 18.3 Å². The molecule has 2 N–H and O–H groups in total. The monoisotopic (exact) mass is 191 g/mol. The molecule has 0 fully saturated rings. The van der Waals surface area contributed by atoms with Gasteiger partial charge in [0.05, 0.1) is 0 Å². The number of ether oxygens (including phenoxy) is 2. The highest BCUT2D eigenvalue weighted by atomic mass is 16.7. The van der Waals surface area contributed by atoms with Crippen LogP contribution in [0.1, 0.15) is 13.3 Å². The number of carbonyl (C=O) groups is 1. The molecule has 5 heteroatoms. The summed E-state index contributed by atoms with van der Waals surface area (Å²) in [6.07, 6.45) is 0.142. The van der Waals surface area contributed by atoms with Gasteiger partial charge < -0.3 is 14.6 Å². The fourth-order valence-electron chi connectivity index (χ4n) is 0.908. The summed E-state index contributed by atoms with van der Waals surface area (Å²) in [5, 5.41) is 11.5. The van der Waals surface area contributed by atoms with Gasteiger partial charge in [-0.25, -0.2) is 0 Å². The molecule has 0 heterocycles. The molecule has 0 aliphatic heterocycles. The summed E-state index contributed by atoms with van der Waals surface area (Å²) in [6, 6.07) is -0.534. The Morgan fingerprint density at radius 1 is 1.46 bits per heavy atom. The Hall–Kier alpha value is -0.650. The third-order valence-corrected chi connectivity index (χ3v) is 1.76. The zero-order valence-electron chi connectivity index (χ0n) is 8.24. The molecule has 0 aromatic rings. The van der Waals surface area contributed by atoms with Crippen LogP contribution >= 0.6 is 0 Å². The highest BCUT2D eigenvalue weighted by Crippen LogP contribution is 1.93. The van der Waals surface area contributed by atoms with E-state index in [9.17, 15) is 4.79 Å². The third kappa shape index (κ3) is 4.82. The standard InChI is InChI=1S/C8H17NO4/c1-4-6(8(10)11)9-5-7(12-2)13-3/h6-7,9H,4-5H2,1-3H3,(H,10,11). The van der Waals surface area contributed by atoms with Crippen LogP contribution in [0, 0.1) is 0 Å². The molecule has 13 heavy (non-hydrogen) atoms. The van der Waals surface area contributed by atoms with Gasteiger partial charge in [-0.3, -0.25) is 10.1 Å². The summed E-state index contributed by atoms with van der Waals surface area (Å²) in [5.74, 6) is -0.853. The van der Waals surface area contributed by atoms with E-state index in [2.05, 4.69) is 5.32 Å². The van der Waals surface area contributed by atoms with Crippen LogP contribution in [0.2, 0.25) is 0 Å². The molecule has 0 aromatic heterocycles. The highest BCUT2D eigenvalue weighted by molar-refractivity contribution is 5.73. The lowest BCUT2D eigenvalue weighted by Gasteiger charge is -2.17. The average molecular weight is 191 g/mol. The second-order valence-electron chi connectivity index (χ2n) is 2.61. The van der Waals surface area contributed by atoms with Gasteiger partial charge in [0.2, 0.25) is 0 Å². The van der Waals surface area contributed by atoms with E-state index in [1.165, 1.54) is 14.2 Å². The van der Waals surface area contributed by atoms with E-state index in [4.69, 9.17) is 14.6 Å². The van der Waals surface area contributed by atoms with Crippen molar-refractivity contribution in [2.75, 3.05) is 20.8 Å². The second kappa shape index (κ2) is 6.82. The highest BCUT2D eigenvalue weighted by Gasteiger charge is 2.15. The Morgan fingerprint density at radius 2 is 2.00 bits per heavy atom. The van der Waals surface area contributed by atoms with Gasteiger partial charge in [-0.1, -0.05) is 6.92 Å². The Kier molecular flexibility index (Phi) is 6.48. The molecule has 78 valence electrons. The molecule has 0 aromatic carbocycles. The van der Waals surface area contributed by atoms with Gasteiger partial charge in [-0.05, 0) is 6.42 Å². The summed E-state index contributed by atoms with van der Waals surface area (Å²) >= 11 is 0. The van der Waals surface area contributed by atoms with Crippen molar-refractivity contribution in [1.82, 2.24) is 5.32 Å². The van der Waals surface area contributed by atoms with Crippen LogP contribution in [-0.2, 0) is 14.3 Å². The maximum Gasteiger partial charge on any atom is 0.320 e. The summed E-state index contributed by atoms with van der Waals surface area (Å²) < 4.78 is 9.79. The molecule has 1 unspecified atom stereocenters. The van der Waals surface area contributed by atoms with Crippen LogP contribution in [0.5, 0.6) is 0 Å². The van der Waals surface area contributed by atoms with Crippen molar-refractivity contribution >= 4 is 5.97 Å². The van der Waals surface area contributed by atoms with E-state index in [0.717, 1.165) is 0 Å². The molecule has 0 aliphatic carbocycles. The molecule has 0 aliphatic rings. The Labute approximate surface area is 78.0 Å².